The monoisotopic (exact) mass is 616 g/mol. The number of aromatic nitrogens is 5. The molecule has 0 atom stereocenters. The van der Waals surface area contributed by atoms with E-state index < -0.39 is 11.5 Å². The van der Waals surface area contributed by atoms with E-state index in [1.54, 1.807) is 47.2 Å². The second-order valence-electron chi connectivity index (χ2n) is 8.04. The minimum absolute atomic E-state index is 0.103. The number of amides is 1. The first-order valence-electron chi connectivity index (χ1n) is 10.9. The van der Waals surface area contributed by atoms with Gasteiger partial charge in [0.25, 0.3) is 5.91 Å². The van der Waals surface area contributed by atoms with Crippen molar-refractivity contribution in [1.82, 2.24) is 24.8 Å². The van der Waals surface area contributed by atoms with Crippen LogP contribution in [-0.4, -0.2) is 30.7 Å². The fourth-order valence-electron chi connectivity index (χ4n) is 3.89. The van der Waals surface area contributed by atoms with Gasteiger partial charge in [-0.25, -0.2) is 4.79 Å². The third kappa shape index (κ3) is 4.43. The highest BCUT2D eigenvalue weighted by atomic mass is 79.9. The minimum Gasteiger partial charge on any atom is -0.421 e. The summed E-state index contributed by atoms with van der Waals surface area (Å²) in [6.45, 7) is 0. The number of hydrogen-bond acceptors (Lipinski definition) is 7. The normalized spacial score (nSPS) is 11.2. The first kappa shape index (κ1) is 23.2. The van der Waals surface area contributed by atoms with Crippen LogP contribution < -0.4 is 10.9 Å². The molecule has 1 N–H and O–H groups in total. The smallest absolute Gasteiger partial charge is 0.349 e. The van der Waals surface area contributed by atoms with Gasteiger partial charge in [-0.05, 0) is 70.5 Å². The van der Waals surface area contributed by atoms with Gasteiger partial charge in [0.05, 0.1) is 10.2 Å². The van der Waals surface area contributed by atoms with Crippen molar-refractivity contribution >= 4 is 60.1 Å². The van der Waals surface area contributed by atoms with E-state index in [0.717, 1.165) is 15.6 Å². The molecule has 0 aliphatic rings. The number of nitrogens with zero attached hydrogens (tertiary/aromatic N) is 5. The quantitative estimate of drug-likeness (QED) is 0.251. The Morgan fingerprint density at radius 1 is 0.919 bits per heavy atom. The van der Waals surface area contributed by atoms with Crippen molar-refractivity contribution in [3.05, 3.63) is 104 Å². The maximum atomic E-state index is 13.0. The van der Waals surface area contributed by atoms with Crippen LogP contribution in [0.15, 0.2) is 97.3 Å². The zero-order valence-electron chi connectivity index (χ0n) is 18.7. The SMILES string of the molecule is O=C(Nc1cccc(-c2ccc3nnc(-c4ccncc4)n3n2)c1)c1cc2cc(Br)cc(Br)c2oc1=O. The summed E-state index contributed by atoms with van der Waals surface area (Å²) in [5, 5.41) is 16.5. The third-order valence-corrected chi connectivity index (χ3v) is 6.66. The van der Waals surface area contributed by atoms with E-state index in [2.05, 4.69) is 52.4 Å². The lowest BCUT2D eigenvalue weighted by Gasteiger charge is -2.08. The Hall–Kier alpha value is -4.22. The molecule has 4 aromatic heterocycles. The van der Waals surface area contributed by atoms with Crippen molar-refractivity contribution in [2.45, 2.75) is 0 Å². The van der Waals surface area contributed by atoms with Gasteiger partial charge in [-0.1, -0.05) is 28.1 Å². The molecular formula is C26H14Br2N6O3. The van der Waals surface area contributed by atoms with E-state index >= 15 is 0 Å². The van der Waals surface area contributed by atoms with Crippen LogP contribution in [0.2, 0.25) is 0 Å². The molecule has 37 heavy (non-hydrogen) atoms. The van der Waals surface area contributed by atoms with Crippen LogP contribution in [0.5, 0.6) is 0 Å². The number of carbonyl (C=O) groups is 1. The number of rotatable bonds is 4. The lowest BCUT2D eigenvalue weighted by Crippen LogP contribution is -2.20. The molecule has 0 radical (unpaired) electrons. The molecule has 2 aromatic carbocycles. The Balaban J connectivity index is 1.33. The molecule has 0 fully saturated rings. The Morgan fingerprint density at radius 3 is 2.59 bits per heavy atom. The number of anilines is 1. The summed E-state index contributed by atoms with van der Waals surface area (Å²) in [6.07, 6.45) is 3.36. The number of halogens is 2. The van der Waals surface area contributed by atoms with Crippen LogP contribution in [-0.2, 0) is 0 Å². The standard InChI is InChI=1S/C26H14Br2N6O3/c27-17-10-16-12-19(26(36)37-23(16)20(28)13-17)25(35)30-18-3-1-2-15(11-18)21-4-5-22-31-32-24(34(22)33-21)14-6-8-29-9-7-14/h1-13H,(H,30,35). The van der Waals surface area contributed by atoms with Gasteiger partial charge in [0.1, 0.15) is 5.56 Å². The zero-order chi connectivity index (χ0) is 25.5. The summed E-state index contributed by atoms with van der Waals surface area (Å²) in [6, 6.07) is 19.5. The van der Waals surface area contributed by atoms with Crippen molar-refractivity contribution in [3.63, 3.8) is 0 Å². The number of carbonyl (C=O) groups excluding carboxylic acids is 1. The van der Waals surface area contributed by atoms with Crippen LogP contribution in [0.1, 0.15) is 10.4 Å². The molecule has 0 saturated carbocycles. The van der Waals surface area contributed by atoms with Gasteiger partial charge in [0.2, 0.25) is 0 Å². The molecule has 4 heterocycles. The third-order valence-electron chi connectivity index (χ3n) is 5.61. The highest BCUT2D eigenvalue weighted by molar-refractivity contribution is 9.11. The summed E-state index contributed by atoms with van der Waals surface area (Å²) in [5.41, 5.74) is 2.88. The van der Waals surface area contributed by atoms with Crippen LogP contribution >= 0.6 is 31.9 Å². The number of fused-ring (bicyclic) bond motifs is 2. The Labute approximate surface area is 225 Å². The summed E-state index contributed by atoms with van der Waals surface area (Å²) in [5.74, 6) is 0.0103. The summed E-state index contributed by atoms with van der Waals surface area (Å²) >= 11 is 6.78. The molecule has 0 unspecified atom stereocenters. The first-order valence-corrected chi connectivity index (χ1v) is 12.5. The molecule has 0 aliphatic carbocycles. The predicted molar refractivity (Wildman–Crippen MR) is 145 cm³/mol. The molecule has 1 amide bonds. The topological polar surface area (TPSA) is 115 Å². The Kier molecular flexibility index (Phi) is 5.85. The number of pyridine rings is 1. The van der Waals surface area contributed by atoms with Gasteiger partial charge in [-0.15, -0.1) is 10.2 Å². The average Bonchev–Trinajstić information content (AvgIpc) is 3.33. The van der Waals surface area contributed by atoms with Crippen LogP contribution in [0.4, 0.5) is 5.69 Å². The lowest BCUT2D eigenvalue weighted by atomic mass is 10.1. The summed E-state index contributed by atoms with van der Waals surface area (Å²) < 4.78 is 8.45. The van der Waals surface area contributed by atoms with Crippen LogP contribution in [0, 0.1) is 0 Å². The maximum absolute atomic E-state index is 13.0. The molecule has 11 heteroatoms. The van der Waals surface area contributed by atoms with Gasteiger partial charge in [0, 0.05) is 39.1 Å². The molecule has 0 saturated heterocycles. The highest BCUT2D eigenvalue weighted by Gasteiger charge is 2.17. The minimum atomic E-state index is -0.729. The van der Waals surface area contributed by atoms with Crippen molar-refractivity contribution in [2.75, 3.05) is 5.32 Å². The van der Waals surface area contributed by atoms with Gasteiger partial charge in [-0.3, -0.25) is 9.78 Å². The molecular weight excluding hydrogens is 604 g/mol. The van der Waals surface area contributed by atoms with Crippen LogP contribution in [0.25, 0.3) is 39.3 Å². The molecule has 0 aliphatic heterocycles. The molecule has 6 rings (SSSR count). The van der Waals surface area contributed by atoms with Crippen molar-refractivity contribution in [2.24, 2.45) is 0 Å². The highest BCUT2D eigenvalue weighted by Crippen LogP contribution is 2.28. The zero-order valence-corrected chi connectivity index (χ0v) is 21.9. The largest absolute Gasteiger partial charge is 0.421 e. The van der Waals surface area contributed by atoms with E-state index in [1.165, 1.54) is 6.07 Å². The predicted octanol–water partition coefficient (Wildman–Crippen LogP) is 5.74. The van der Waals surface area contributed by atoms with Gasteiger partial charge in [-0.2, -0.15) is 9.61 Å². The average molecular weight is 618 g/mol. The number of hydrogen-bond donors (Lipinski definition) is 1. The maximum Gasteiger partial charge on any atom is 0.349 e. The van der Waals surface area contributed by atoms with E-state index in [9.17, 15) is 9.59 Å². The van der Waals surface area contributed by atoms with E-state index in [4.69, 9.17) is 9.52 Å². The number of benzene rings is 2. The molecule has 9 nitrogen and oxygen atoms in total. The fourth-order valence-corrected chi connectivity index (χ4v) is 5.23. The number of nitrogens with one attached hydrogen (secondary N) is 1. The van der Waals surface area contributed by atoms with E-state index in [0.29, 0.717) is 38.3 Å². The van der Waals surface area contributed by atoms with Gasteiger partial charge >= 0.3 is 5.63 Å². The van der Waals surface area contributed by atoms with Gasteiger partial charge < -0.3 is 9.73 Å². The first-order chi connectivity index (χ1) is 18.0. The summed E-state index contributed by atoms with van der Waals surface area (Å²) in [4.78, 5) is 29.6. The van der Waals surface area contributed by atoms with Crippen molar-refractivity contribution in [1.29, 1.82) is 0 Å². The molecule has 0 spiro atoms. The molecule has 6 aromatic rings. The van der Waals surface area contributed by atoms with E-state index in [-0.39, 0.29) is 5.56 Å². The van der Waals surface area contributed by atoms with E-state index in [1.807, 2.05) is 30.3 Å². The fraction of sp³-hybridized carbons (Fsp3) is 0. The van der Waals surface area contributed by atoms with Crippen LogP contribution in [0.3, 0.4) is 0 Å². The summed E-state index contributed by atoms with van der Waals surface area (Å²) in [7, 11) is 0. The second kappa shape index (κ2) is 9.34. The van der Waals surface area contributed by atoms with Crippen molar-refractivity contribution in [3.8, 4) is 22.6 Å². The molecule has 0 bridgehead atoms. The Bertz CT molecular complexity index is 1890. The van der Waals surface area contributed by atoms with Gasteiger partial charge in [0.15, 0.2) is 17.1 Å². The van der Waals surface area contributed by atoms with Crippen molar-refractivity contribution < 1.29 is 9.21 Å². The second-order valence-corrected chi connectivity index (χ2v) is 9.81. The Morgan fingerprint density at radius 2 is 1.76 bits per heavy atom. The lowest BCUT2D eigenvalue weighted by molar-refractivity contribution is 0.102. The molecule has 180 valence electrons.